The number of phenols is 1. The Balaban J connectivity index is 2.31. The third kappa shape index (κ3) is 2.33. The number of rotatable bonds is 3. The van der Waals surface area contributed by atoms with Crippen LogP contribution in [-0.2, 0) is 0 Å². The molecule has 0 atom stereocenters. The molecule has 4 N–H and O–H groups in total. The van der Waals surface area contributed by atoms with Crippen molar-refractivity contribution >= 4 is 17.5 Å². The van der Waals surface area contributed by atoms with Crippen LogP contribution >= 0.6 is 0 Å². The zero-order valence-electron chi connectivity index (χ0n) is 9.06. The van der Waals surface area contributed by atoms with Crippen LogP contribution < -0.4 is 16.2 Å². The first-order valence-corrected chi connectivity index (χ1v) is 4.86. The van der Waals surface area contributed by atoms with Crippen molar-refractivity contribution in [3.8, 4) is 5.75 Å². The Bertz CT molecular complexity index is 581. The minimum atomic E-state index is -0.174. The van der Waals surface area contributed by atoms with Crippen molar-refractivity contribution in [2.24, 2.45) is 0 Å². The Morgan fingerprint density at radius 1 is 1.29 bits per heavy atom. The minimum Gasteiger partial charge on any atom is -0.506 e. The average Bonchev–Trinajstić information content (AvgIpc) is 2.34. The van der Waals surface area contributed by atoms with E-state index in [1.807, 2.05) is 0 Å². The maximum atomic E-state index is 9.55. The van der Waals surface area contributed by atoms with Crippen molar-refractivity contribution in [2.75, 3.05) is 17.7 Å². The van der Waals surface area contributed by atoms with Crippen LogP contribution in [0.5, 0.6) is 5.75 Å². The number of benzene rings is 1. The highest BCUT2D eigenvalue weighted by Crippen LogP contribution is 2.23. The molecule has 7 nitrogen and oxygen atoms in total. The second kappa shape index (κ2) is 4.52. The number of hydrogen-bond donors (Lipinski definition) is 4. The van der Waals surface area contributed by atoms with Gasteiger partial charge in [0.1, 0.15) is 5.75 Å². The molecule has 0 unspecified atom stereocenters. The van der Waals surface area contributed by atoms with Gasteiger partial charge in [-0.1, -0.05) is 17.2 Å². The Labute approximate surface area is 96.6 Å². The topological polar surface area (TPSA) is 107 Å². The molecule has 0 saturated heterocycles. The zero-order valence-corrected chi connectivity index (χ0v) is 9.06. The van der Waals surface area contributed by atoms with Gasteiger partial charge in [-0.2, -0.15) is 0 Å². The first-order chi connectivity index (χ1) is 8.20. The molecule has 1 aromatic heterocycles. The summed E-state index contributed by atoms with van der Waals surface area (Å²) in [6, 6.07) is 6.78. The maximum absolute atomic E-state index is 9.55. The highest BCUT2D eigenvalue weighted by Gasteiger charge is 2.06. The van der Waals surface area contributed by atoms with E-state index in [1.165, 1.54) is 6.07 Å². The van der Waals surface area contributed by atoms with Crippen LogP contribution in [0.25, 0.3) is 0 Å². The van der Waals surface area contributed by atoms with Gasteiger partial charge in [-0.05, 0) is 12.1 Å². The predicted octanol–water partition coefficient (Wildman–Crippen LogP) is 1.04. The van der Waals surface area contributed by atoms with Crippen LogP contribution in [0.4, 0.5) is 17.5 Å². The van der Waals surface area contributed by atoms with E-state index < -0.39 is 0 Å². The minimum absolute atomic E-state index is 0.0615. The quantitative estimate of drug-likeness (QED) is 0.590. The predicted molar refractivity (Wildman–Crippen MR) is 61.1 cm³/mol. The summed E-state index contributed by atoms with van der Waals surface area (Å²) in [5, 5.41) is 30.0. The van der Waals surface area contributed by atoms with Gasteiger partial charge in [0.2, 0.25) is 5.82 Å². The molecule has 0 aliphatic carbocycles. The van der Waals surface area contributed by atoms with Crippen LogP contribution in [0.2, 0.25) is 0 Å². The monoisotopic (exact) mass is 233 g/mol. The summed E-state index contributed by atoms with van der Waals surface area (Å²) < 4.78 is 5.01. The van der Waals surface area contributed by atoms with Gasteiger partial charge in [-0.15, -0.1) is 5.10 Å². The molecule has 0 radical (unpaired) electrons. The van der Waals surface area contributed by atoms with Crippen LogP contribution in [0, 0.1) is 5.41 Å². The highest BCUT2D eigenvalue weighted by atomic mass is 16.4. The van der Waals surface area contributed by atoms with Gasteiger partial charge < -0.3 is 20.2 Å². The Morgan fingerprint density at radius 2 is 2.06 bits per heavy atom. The number of hydrogen-bond acceptors (Lipinski definition) is 7. The van der Waals surface area contributed by atoms with E-state index in [0.29, 0.717) is 5.69 Å². The molecule has 0 saturated carbocycles. The molecule has 1 heterocycles. The van der Waals surface area contributed by atoms with Crippen molar-refractivity contribution in [1.29, 1.82) is 5.41 Å². The second-order valence-electron chi connectivity index (χ2n) is 3.18. The van der Waals surface area contributed by atoms with E-state index in [2.05, 4.69) is 20.8 Å². The van der Waals surface area contributed by atoms with Crippen molar-refractivity contribution in [2.45, 2.75) is 0 Å². The van der Waals surface area contributed by atoms with Gasteiger partial charge in [-0.3, -0.25) is 5.41 Å². The van der Waals surface area contributed by atoms with Gasteiger partial charge in [0, 0.05) is 7.05 Å². The molecule has 0 spiro atoms. The molecule has 17 heavy (non-hydrogen) atoms. The maximum Gasteiger partial charge on any atom is 0.315 e. The number of anilines is 3. The Morgan fingerprint density at radius 3 is 2.71 bits per heavy atom. The highest BCUT2D eigenvalue weighted by molar-refractivity contribution is 5.62. The second-order valence-corrected chi connectivity index (χ2v) is 3.18. The van der Waals surface area contributed by atoms with Crippen molar-refractivity contribution < 1.29 is 9.52 Å². The lowest BCUT2D eigenvalue weighted by atomic mass is 10.3. The number of aromatic hydroxyl groups is 1. The largest absolute Gasteiger partial charge is 0.506 e. The van der Waals surface area contributed by atoms with E-state index in [4.69, 9.17) is 9.83 Å². The molecule has 0 aliphatic heterocycles. The Kier molecular flexibility index (Phi) is 2.91. The number of nitrogens with one attached hydrogen (secondary N) is 3. The summed E-state index contributed by atoms with van der Waals surface area (Å²) in [7, 11) is 1.61. The van der Waals surface area contributed by atoms with Gasteiger partial charge in [0.25, 0.3) is 5.55 Å². The number of para-hydroxylation sites is 2. The summed E-state index contributed by atoms with van der Waals surface area (Å²) in [6.07, 6.45) is 0. The van der Waals surface area contributed by atoms with Crippen molar-refractivity contribution in [1.82, 2.24) is 10.2 Å². The molecule has 2 rings (SSSR count). The summed E-state index contributed by atoms with van der Waals surface area (Å²) in [5.41, 5.74) is 0.260. The third-order valence-corrected chi connectivity index (χ3v) is 2.03. The molecule has 0 amide bonds. The average molecular weight is 233 g/mol. The SMILES string of the molecule is CNc1nnc(Nc2ccccc2O)c(=N)o1. The normalized spacial score (nSPS) is 9.94. The first-order valence-electron chi connectivity index (χ1n) is 4.86. The molecule has 0 fully saturated rings. The van der Waals surface area contributed by atoms with Crippen LogP contribution in [0.3, 0.4) is 0 Å². The van der Waals surface area contributed by atoms with Crippen LogP contribution in [0.1, 0.15) is 0 Å². The van der Waals surface area contributed by atoms with E-state index in [9.17, 15) is 5.11 Å². The first kappa shape index (κ1) is 10.9. The lowest BCUT2D eigenvalue weighted by molar-refractivity contribution is 0.472. The van der Waals surface area contributed by atoms with Gasteiger partial charge in [0.05, 0.1) is 5.69 Å². The molecule has 0 bridgehead atoms. The van der Waals surface area contributed by atoms with Crippen molar-refractivity contribution in [3.05, 3.63) is 29.8 Å². The fourth-order valence-corrected chi connectivity index (χ4v) is 1.20. The summed E-state index contributed by atoms with van der Waals surface area (Å²) in [4.78, 5) is 0. The molecule has 1 aromatic carbocycles. The fraction of sp³-hybridized carbons (Fsp3) is 0.100. The summed E-state index contributed by atoms with van der Waals surface area (Å²) in [5.74, 6) is 0.192. The lowest BCUT2D eigenvalue weighted by Gasteiger charge is -2.06. The van der Waals surface area contributed by atoms with E-state index in [-0.39, 0.29) is 23.1 Å². The molecular formula is C10H11N5O2. The van der Waals surface area contributed by atoms with Gasteiger partial charge in [-0.25, -0.2) is 0 Å². The standard InChI is InChI=1S/C10H11N5O2/c1-12-10-15-14-9(8(11)17-10)13-6-4-2-3-5-7(6)16/h2-5,11,16H,1H3,(H,12,15)(H,13,14). The van der Waals surface area contributed by atoms with Crippen LogP contribution in [0.15, 0.2) is 28.7 Å². The lowest BCUT2D eigenvalue weighted by Crippen LogP contribution is -2.12. The smallest absolute Gasteiger partial charge is 0.315 e. The summed E-state index contributed by atoms with van der Waals surface area (Å²) >= 11 is 0. The van der Waals surface area contributed by atoms with E-state index in [1.54, 1.807) is 25.2 Å². The molecule has 2 aromatic rings. The number of aromatic nitrogens is 2. The van der Waals surface area contributed by atoms with E-state index >= 15 is 0 Å². The molecule has 88 valence electrons. The summed E-state index contributed by atoms with van der Waals surface area (Å²) in [6.45, 7) is 0. The van der Waals surface area contributed by atoms with Crippen molar-refractivity contribution in [3.63, 3.8) is 0 Å². The van der Waals surface area contributed by atoms with Gasteiger partial charge in [0.15, 0.2) is 0 Å². The molecule has 7 heteroatoms. The zero-order chi connectivity index (χ0) is 12.3. The Hall–Kier alpha value is -2.57. The molecule has 0 aliphatic rings. The van der Waals surface area contributed by atoms with E-state index in [0.717, 1.165) is 0 Å². The molecular weight excluding hydrogens is 222 g/mol. The number of phenolic OH excluding ortho intramolecular Hbond substituents is 1. The van der Waals surface area contributed by atoms with Crippen LogP contribution in [-0.4, -0.2) is 22.4 Å². The number of nitrogens with zero attached hydrogens (tertiary/aromatic N) is 2. The van der Waals surface area contributed by atoms with Gasteiger partial charge >= 0.3 is 6.01 Å². The third-order valence-electron chi connectivity index (χ3n) is 2.03. The fourth-order valence-electron chi connectivity index (χ4n) is 1.20.